The minimum Gasteiger partial charge on any atom is -0.350 e. The van der Waals surface area contributed by atoms with Crippen LogP contribution in [-0.4, -0.2) is 22.8 Å². The molecule has 1 heterocycles. The van der Waals surface area contributed by atoms with Crippen molar-refractivity contribution in [1.82, 2.24) is 15.6 Å². The molecule has 3 rings (SSSR count). The summed E-state index contributed by atoms with van der Waals surface area (Å²) in [6.45, 7) is 0.785. The van der Waals surface area contributed by atoms with Gasteiger partial charge < -0.3 is 16.4 Å². The van der Waals surface area contributed by atoms with Crippen LogP contribution in [0.3, 0.4) is 0 Å². The summed E-state index contributed by atoms with van der Waals surface area (Å²) in [6, 6.07) is 9.23. The lowest BCUT2D eigenvalue weighted by Crippen LogP contribution is -2.31. The fraction of sp³-hybridized carbons (Fsp3) is 0.421. The molecule has 1 aliphatic rings. The zero-order valence-corrected chi connectivity index (χ0v) is 15.4. The molecule has 0 aliphatic heterocycles. The number of nitrogens with zero attached hydrogens (tertiary/aromatic N) is 1. The highest BCUT2D eigenvalue weighted by atomic mass is 32.1. The van der Waals surface area contributed by atoms with Gasteiger partial charge in [0.2, 0.25) is 5.91 Å². The summed E-state index contributed by atoms with van der Waals surface area (Å²) in [7, 11) is 0. The van der Waals surface area contributed by atoms with Gasteiger partial charge in [0.05, 0.1) is 18.8 Å². The number of nitrogens with one attached hydrogen (secondary N) is 2. The van der Waals surface area contributed by atoms with Crippen LogP contribution in [0.25, 0.3) is 0 Å². The number of hydrogen-bond acceptors (Lipinski definition) is 5. The molecule has 2 atom stereocenters. The minimum atomic E-state index is -0.122. The van der Waals surface area contributed by atoms with Gasteiger partial charge in [-0.25, -0.2) is 4.98 Å². The first-order valence-electron chi connectivity index (χ1n) is 8.90. The molecule has 0 radical (unpaired) electrons. The number of hydrogen-bond donors (Lipinski definition) is 3. The molecule has 1 aromatic carbocycles. The first-order chi connectivity index (χ1) is 12.6. The normalized spacial score (nSPS) is 19.3. The number of nitrogens with two attached hydrogens (primary N) is 1. The summed E-state index contributed by atoms with van der Waals surface area (Å²) < 4.78 is 0. The van der Waals surface area contributed by atoms with E-state index in [1.165, 1.54) is 11.3 Å². The molecule has 4 N–H and O–H groups in total. The Kier molecular flexibility index (Phi) is 6.35. The Bertz CT molecular complexity index is 747. The fourth-order valence-corrected chi connectivity index (χ4v) is 3.91. The molecule has 0 saturated heterocycles. The van der Waals surface area contributed by atoms with Gasteiger partial charge in [-0.1, -0.05) is 24.6 Å². The second-order valence-corrected chi connectivity index (χ2v) is 7.56. The molecular weight excluding hydrogens is 348 g/mol. The van der Waals surface area contributed by atoms with Gasteiger partial charge in [-0.3, -0.25) is 9.59 Å². The number of carbonyl (C=O) groups excluding carboxylic acids is 2. The Labute approximate surface area is 157 Å². The van der Waals surface area contributed by atoms with E-state index >= 15 is 0 Å². The van der Waals surface area contributed by atoms with E-state index in [9.17, 15) is 9.59 Å². The number of carbonyl (C=O) groups is 2. The van der Waals surface area contributed by atoms with Crippen LogP contribution >= 0.6 is 11.3 Å². The molecule has 2 amide bonds. The van der Waals surface area contributed by atoms with E-state index < -0.39 is 0 Å². The summed E-state index contributed by atoms with van der Waals surface area (Å²) in [5, 5.41) is 8.49. The zero-order valence-electron chi connectivity index (χ0n) is 14.6. The lowest BCUT2D eigenvalue weighted by atomic mass is 10.00. The monoisotopic (exact) mass is 372 g/mol. The van der Waals surface area contributed by atoms with E-state index in [1.807, 2.05) is 23.6 Å². The summed E-state index contributed by atoms with van der Waals surface area (Å²) in [6.07, 6.45) is 3.66. The standard InChI is InChI=1S/C19H24N4O2S/c20-16-8-4-7-14(16)9-17(24)21-10-15-12-26-18(23-15)11-22-19(25)13-5-2-1-3-6-13/h1-3,5-6,12,14,16H,4,7-11,20H2,(H,21,24)(H,22,25)/t14-,16+/m0/s1. The predicted molar refractivity (Wildman–Crippen MR) is 102 cm³/mol. The minimum absolute atomic E-state index is 0.0271. The van der Waals surface area contributed by atoms with Crippen molar-refractivity contribution in [3.63, 3.8) is 0 Å². The third kappa shape index (κ3) is 5.12. The quantitative estimate of drug-likeness (QED) is 0.694. The number of aromatic nitrogens is 1. The number of rotatable bonds is 7. The average Bonchev–Trinajstić information content (AvgIpc) is 3.28. The topological polar surface area (TPSA) is 97.1 Å². The summed E-state index contributed by atoms with van der Waals surface area (Å²) in [4.78, 5) is 28.5. The van der Waals surface area contributed by atoms with Crippen LogP contribution in [-0.2, 0) is 17.9 Å². The average molecular weight is 372 g/mol. The molecule has 1 aliphatic carbocycles. The molecule has 0 unspecified atom stereocenters. The Morgan fingerprint density at radius 1 is 1.15 bits per heavy atom. The zero-order chi connectivity index (χ0) is 18.4. The van der Waals surface area contributed by atoms with Crippen LogP contribution in [0.4, 0.5) is 0 Å². The van der Waals surface area contributed by atoms with Crippen molar-refractivity contribution in [3.05, 3.63) is 52.0 Å². The Morgan fingerprint density at radius 3 is 2.69 bits per heavy atom. The highest BCUT2D eigenvalue weighted by Gasteiger charge is 2.25. The van der Waals surface area contributed by atoms with E-state index in [0.717, 1.165) is 30.0 Å². The van der Waals surface area contributed by atoms with E-state index in [4.69, 9.17) is 5.73 Å². The van der Waals surface area contributed by atoms with Gasteiger partial charge in [-0.15, -0.1) is 11.3 Å². The summed E-state index contributed by atoms with van der Waals surface area (Å²) in [5.41, 5.74) is 7.45. The van der Waals surface area contributed by atoms with Crippen LogP contribution in [0.5, 0.6) is 0 Å². The second-order valence-electron chi connectivity index (χ2n) is 6.62. The molecule has 1 fully saturated rings. The third-order valence-corrected chi connectivity index (χ3v) is 5.57. The molecule has 138 valence electrons. The number of thiazole rings is 1. The second kappa shape index (κ2) is 8.91. The first kappa shape index (κ1) is 18.5. The van der Waals surface area contributed by atoms with Gasteiger partial charge in [0.15, 0.2) is 0 Å². The lowest BCUT2D eigenvalue weighted by molar-refractivity contribution is -0.122. The Morgan fingerprint density at radius 2 is 1.96 bits per heavy atom. The molecule has 2 aromatic rings. The van der Waals surface area contributed by atoms with Crippen molar-refractivity contribution in [2.45, 2.75) is 44.8 Å². The van der Waals surface area contributed by atoms with Crippen molar-refractivity contribution in [3.8, 4) is 0 Å². The molecule has 0 bridgehead atoms. The molecule has 26 heavy (non-hydrogen) atoms. The Hall–Kier alpha value is -2.25. The number of amides is 2. The van der Waals surface area contributed by atoms with Crippen LogP contribution in [0, 0.1) is 5.92 Å². The Balaban J connectivity index is 1.41. The van der Waals surface area contributed by atoms with Crippen LogP contribution < -0.4 is 16.4 Å². The van der Waals surface area contributed by atoms with Gasteiger partial charge >= 0.3 is 0 Å². The molecule has 7 heteroatoms. The highest BCUT2D eigenvalue weighted by Crippen LogP contribution is 2.26. The fourth-order valence-electron chi connectivity index (χ4n) is 3.18. The SMILES string of the molecule is N[C@@H]1CCC[C@H]1CC(=O)NCc1csc(CNC(=O)c2ccccc2)n1. The van der Waals surface area contributed by atoms with Crippen LogP contribution in [0.15, 0.2) is 35.7 Å². The van der Waals surface area contributed by atoms with Crippen molar-refractivity contribution in [2.24, 2.45) is 11.7 Å². The van der Waals surface area contributed by atoms with E-state index in [2.05, 4.69) is 15.6 Å². The summed E-state index contributed by atoms with van der Waals surface area (Å²) in [5.74, 6) is 0.206. The highest BCUT2D eigenvalue weighted by molar-refractivity contribution is 7.09. The van der Waals surface area contributed by atoms with Gasteiger partial charge in [0, 0.05) is 23.4 Å². The van der Waals surface area contributed by atoms with Gasteiger partial charge in [-0.2, -0.15) is 0 Å². The van der Waals surface area contributed by atoms with Crippen LogP contribution in [0.1, 0.15) is 46.7 Å². The van der Waals surface area contributed by atoms with Gasteiger partial charge in [-0.05, 0) is 30.9 Å². The van der Waals surface area contributed by atoms with Gasteiger partial charge in [0.25, 0.3) is 5.91 Å². The maximum absolute atomic E-state index is 12.0. The van der Waals surface area contributed by atoms with E-state index in [-0.39, 0.29) is 17.9 Å². The molecule has 0 spiro atoms. The largest absolute Gasteiger partial charge is 0.350 e. The first-order valence-corrected chi connectivity index (χ1v) is 9.78. The number of benzene rings is 1. The van der Waals surface area contributed by atoms with Crippen LogP contribution in [0.2, 0.25) is 0 Å². The van der Waals surface area contributed by atoms with Gasteiger partial charge in [0.1, 0.15) is 5.01 Å². The molecule has 1 aromatic heterocycles. The maximum atomic E-state index is 12.0. The maximum Gasteiger partial charge on any atom is 0.251 e. The summed E-state index contributed by atoms with van der Waals surface area (Å²) >= 11 is 1.47. The molecular formula is C19H24N4O2S. The van der Waals surface area contributed by atoms with E-state index in [1.54, 1.807) is 12.1 Å². The van der Waals surface area contributed by atoms with Crippen molar-refractivity contribution < 1.29 is 9.59 Å². The van der Waals surface area contributed by atoms with E-state index in [0.29, 0.717) is 31.0 Å². The third-order valence-electron chi connectivity index (χ3n) is 4.67. The van der Waals surface area contributed by atoms with Crippen molar-refractivity contribution in [2.75, 3.05) is 0 Å². The molecule has 1 saturated carbocycles. The van der Waals surface area contributed by atoms with Crippen molar-refractivity contribution in [1.29, 1.82) is 0 Å². The smallest absolute Gasteiger partial charge is 0.251 e. The molecule has 6 nitrogen and oxygen atoms in total. The van der Waals surface area contributed by atoms with Crippen molar-refractivity contribution >= 4 is 23.2 Å². The predicted octanol–water partition coefficient (Wildman–Crippen LogP) is 2.21. The lowest BCUT2D eigenvalue weighted by Gasteiger charge is -2.14.